The van der Waals surface area contributed by atoms with Crippen LogP contribution in [0.3, 0.4) is 0 Å². The lowest BCUT2D eigenvalue weighted by atomic mass is 9.91. The molecule has 2 aliphatic rings. The highest BCUT2D eigenvalue weighted by Crippen LogP contribution is 2.30. The molecule has 2 amide bonds. The second-order valence-corrected chi connectivity index (χ2v) is 12.8. The van der Waals surface area contributed by atoms with Crippen LogP contribution in [0.5, 0.6) is 5.75 Å². The Labute approximate surface area is 247 Å². The third-order valence-corrected chi connectivity index (χ3v) is 8.10. The molecule has 11 heteroatoms. The van der Waals surface area contributed by atoms with Gasteiger partial charge in [0.25, 0.3) is 0 Å². The molecule has 2 aliphatic heterocycles. The van der Waals surface area contributed by atoms with Gasteiger partial charge < -0.3 is 24.3 Å². The zero-order chi connectivity index (χ0) is 28.9. The lowest BCUT2D eigenvalue weighted by Crippen LogP contribution is -2.54. The van der Waals surface area contributed by atoms with Crippen molar-refractivity contribution >= 4 is 46.7 Å². The van der Waals surface area contributed by atoms with E-state index >= 15 is 0 Å². The van der Waals surface area contributed by atoms with Crippen LogP contribution in [0, 0.1) is 5.41 Å². The number of nitrogens with zero attached hydrogens (tertiary/aromatic N) is 6. The monoisotopic (exact) mass is 588 g/mol. The SMILES string of the molecule is CCOc1ccccc1N1CCN(C(=O)CSc2nc(Cl)cc(N3CCN(C(=O)CC(C)(C)C)C(C)C3)n2)CC1. The number of hydrogen-bond acceptors (Lipinski definition) is 8. The van der Waals surface area contributed by atoms with Crippen LogP contribution in [0.1, 0.15) is 41.0 Å². The lowest BCUT2D eigenvalue weighted by Gasteiger charge is -2.41. The summed E-state index contributed by atoms with van der Waals surface area (Å²) in [6.07, 6.45) is 0.529. The fourth-order valence-corrected chi connectivity index (χ4v) is 6.10. The van der Waals surface area contributed by atoms with Crippen LogP contribution in [-0.2, 0) is 9.59 Å². The van der Waals surface area contributed by atoms with Gasteiger partial charge in [-0.1, -0.05) is 56.3 Å². The number of ether oxygens (including phenoxy) is 1. The van der Waals surface area contributed by atoms with Crippen molar-refractivity contribution in [2.24, 2.45) is 5.41 Å². The number of thioether (sulfide) groups is 1. The molecule has 2 saturated heterocycles. The molecule has 0 saturated carbocycles. The molecular formula is C29H41ClN6O3S. The van der Waals surface area contributed by atoms with Crippen molar-refractivity contribution in [3.8, 4) is 5.75 Å². The van der Waals surface area contributed by atoms with E-state index in [4.69, 9.17) is 21.3 Å². The first kappa shape index (κ1) is 30.2. The third kappa shape index (κ3) is 7.94. The maximum absolute atomic E-state index is 13.0. The first-order valence-electron chi connectivity index (χ1n) is 14.0. The topological polar surface area (TPSA) is 82.1 Å². The second kappa shape index (κ2) is 13.3. The number of halogens is 1. The van der Waals surface area contributed by atoms with Gasteiger partial charge in [-0.25, -0.2) is 9.97 Å². The quantitative estimate of drug-likeness (QED) is 0.254. The van der Waals surface area contributed by atoms with Gasteiger partial charge in [-0.15, -0.1) is 0 Å². The number of piperazine rings is 2. The van der Waals surface area contributed by atoms with Gasteiger partial charge in [-0.05, 0) is 31.4 Å². The number of anilines is 2. The summed E-state index contributed by atoms with van der Waals surface area (Å²) in [5.41, 5.74) is 1.03. The normalized spacial score (nSPS) is 18.2. The van der Waals surface area contributed by atoms with E-state index < -0.39 is 0 Å². The van der Waals surface area contributed by atoms with Gasteiger partial charge >= 0.3 is 0 Å². The molecule has 0 radical (unpaired) electrons. The number of benzene rings is 1. The Morgan fingerprint density at radius 3 is 2.40 bits per heavy atom. The summed E-state index contributed by atoms with van der Waals surface area (Å²) in [6, 6.07) is 9.86. The second-order valence-electron chi connectivity index (χ2n) is 11.5. The predicted octanol–water partition coefficient (Wildman–Crippen LogP) is 4.44. The minimum absolute atomic E-state index is 0.0414. The Morgan fingerprint density at radius 2 is 1.73 bits per heavy atom. The van der Waals surface area contributed by atoms with Crippen molar-refractivity contribution in [2.45, 2.75) is 52.2 Å². The molecule has 0 aliphatic carbocycles. The molecule has 218 valence electrons. The van der Waals surface area contributed by atoms with Crippen molar-refractivity contribution in [1.82, 2.24) is 19.8 Å². The van der Waals surface area contributed by atoms with Crippen molar-refractivity contribution in [2.75, 3.05) is 68.0 Å². The summed E-state index contributed by atoms with van der Waals surface area (Å²) in [4.78, 5) is 43.2. The van der Waals surface area contributed by atoms with Gasteiger partial charge in [0, 0.05) is 64.3 Å². The van der Waals surface area contributed by atoms with E-state index in [1.54, 1.807) is 6.07 Å². The molecule has 2 fully saturated rings. The minimum atomic E-state index is -0.0414. The summed E-state index contributed by atoms with van der Waals surface area (Å²) in [6.45, 7) is 15.7. The Morgan fingerprint density at radius 1 is 1.02 bits per heavy atom. The predicted molar refractivity (Wildman–Crippen MR) is 162 cm³/mol. The zero-order valence-electron chi connectivity index (χ0n) is 24.2. The van der Waals surface area contributed by atoms with Gasteiger partial charge in [0.15, 0.2) is 5.16 Å². The Bertz CT molecular complexity index is 1180. The van der Waals surface area contributed by atoms with Gasteiger partial charge in [-0.3, -0.25) is 9.59 Å². The molecule has 1 atom stereocenters. The number of aromatic nitrogens is 2. The summed E-state index contributed by atoms with van der Waals surface area (Å²) < 4.78 is 5.78. The zero-order valence-corrected chi connectivity index (χ0v) is 25.8. The Hall–Kier alpha value is -2.72. The summed E-state index contributed by atoms with van der Waals surface area (Å²) in [7, 11) is 0. The molecule has 4 rings (SSSR count). The molecule has 1 aromatic heterocycles. The molecular weight excluding hydrogens is 548 g/mol. The molecule has 0 bridgehead atoms. The van der Waals surface area contributed by atoms with Crippen LogP contribution in [0.25, 0.3) is 0 Å². The first-order valence-corrected chi connectivity index (χ1v) is 15.4. The van der Waals surface area contributed by atoms with Crippen molar-refractivity contribution in [3.63, 3.8) is 0 Å². The Balaban J connectivity index is 1.30. The highest BCUT2D eigenvalue weighted by Gasteiger charge is 2.30. The molecule has 0 N–H and O–H groups in total. The van der Waals surface area contributed by atoms with Gasteiger partial charge in [0.1, 0.15) is 16.7 Å². The summed E-state index contributed by atoms with van der Waals surface area (Å²) in [5, 5.41) is 0.833. The van der Waals surface area contributed by atoms with Crippen LogP contribution in [0.15, 0.2) is 35.5 Å². The van der Waals surface area contributed by atoms with E-state index in [9.17, 15) is 9.59 Å². The lowest BCUT2D eigenvalue weighted by molar-refractivity contribution is -0.135. The number of carbonyl (C=O) groups is 2. The fraction of sp³-hybridized carbons (Fsp3) is 0.586. The molecule has 40 heavy (non-hydrogen) atoms. The highest BCUT2D eigenvalue weighted by atomic mass is 35.5. The standard InChI is InChI=1S/C29H41ClN6O3S/c1-6-39-23-10-8-7-9-22(23)33-11-13-34(14-12-33)27(38)20-40-28-31-24(30)17-25(32-28)35-15-16-36(21(2)19-35)26(37)18-29(3,4)5/h7-10,17,21H,6,11-16,18-20H2,1-5H3. The van der Waals surface area contributed by atoms with Gasteiger partial charge in [0.05, 0.1) is 18.0 Å². The van der Waals surface area contributed by atoms with E-state index in [1.807, 2.05) is 34.9 Å². The largest absolute Gasteiger partial charge is 0.492 e. The summed E-state index contributed by atoms with van der Waals surface area (Å²) in [5.74, 6) is 2.11. The number of hydrogen-bond donors (Lipinski definition) is 0. The van der Waals surface area contributed by atoms with Gasteiger partial charge in [0.2, 0.25) is 11.8 Å². The number of amides is 2. The molecule has 1 aromatic carbocycles. The number of para-hydroxylation sites is 2. The molecule has 9 nitrogen and oxygen atoms in total. The third-order valence-electron chi connectivity index (χ3n) is 7.08. The molecule has 0 spiro atoms. The van der Waals surface area contributed by atoms with Crippen LogP contribution < -0.4 is 14.5 Å². The molecule has 1 unspecified atom stereocenters. The van der Waals surface area contributed by atoms with E-state index in [0.29, 0.717) is 56.1 Å². The van der Waals surface area contributed by atoms with Crippen molar-refractivity contribution < 1.29 is 14.3 Å². The van der Waals surface area contributed by atoms with Crippen LogP contribution >= 0.6 is 23.4 Å². The van der Waals surface area contributed by atoms with Crippen molar-refractivity contribution in [1.29, 1.82) is 0 Å². The highest BCUT2D eigenvalue weighted by molar-refractivity contribution is 7.99. The van der Waals surface area contributed by atoms with Gasteiger partial charge in [-0.2, -0.15) is 0 Å². The number of carbonyl (C=O) groups excluding carboxylic acids is 2. The van der Waals surface area contributed by atoms with E-state index in [1.165, 1.54) is 11.8 Å². The average Bonchev–Trinajstić information content (AvgIpc) is 2.91. The maximum Gasteiger partial charge on any atom is 0.233 e. The van der Waals surface area contributed by atoms with E-state index in [-0.39, 0.29) is 29.0 Å². The molecule has 3 heterocycles. The average molecular weight is 589 g/mol. The van der Waals surface area contributed by atoms with Crippen molar-refractivity contribution in [3.05, 3.63) is 35.5 Å². The Kier molecular flexibility index (Phi) is 10.1. The van der Waals surface area contributed by atoms with Crippen LogP contribution in [0.4, 0.5) is 11.5 Å². The van der Waals surface area contributed by atoms with E-state index in [0.717, 1.165) is 30.3 Å². The summed E-state index contributed by atoms with van der Waals surface area (Å²) >= 11 is 7.67. The fourth-order valence-electron chi connectivity index (χ4n) is 5.11. The maximum atomic E-state index is 13.0. The first-order chi connectivity index (χ1) is 19.0. The molecule has 2 aromatic rings. The smallest absolute Gasteiger partial charge is 0.233 e. The minimum Gasteiger partial charge on any atom is -0.492 e. The van der Waals surface area contributed by atoms with Crippen LogP contribution in [0.2, 0.25) is 5.15 Å². The van der Waals surface area contributed by atoms with Crippen LogP contribution in [-0.4, -0.2) is 95.8 Å². The number of rotatable bonds is 8. The van der Waals surface area contributed by atoms with E-state index in [2.05, 4.69) is 48.5 Å².